The normalized spacial score (nSPS) is 11.0. The predicted octanol–water partition coefficient (Wildman–Crippen LogP) is 4.91. The molecule has 0 saturated carbocycles. The minimum absolute atomic E-state index is 0.289. The van der Waals surface area contributed by atoms with Crippen molar-refractivity contribution in [3.63, 3.8) is 0 Å². The van der Waals surface area contributed by atoms with Crippen LogP contribution in [0.25, 0.3) is 0 Å². The van der Waals surface area contributed by atoms with Crippen LogP contribution < -0.4 is 20.9 Å². The lowest BCUT2D eigenvalue weighted by Crippen LogP contribution is -2.45. The van der Waals surface area contributed by atoms with E-state index in [1.54, 1.807) is 5.01 Å². The van der Waals surface area contributed by atoms with Gasteiger partial charge in [-0.15, -0.1) is 0 Å². The van der Waals surface area contributed by atoms with Gasteiger partial charge >= 0.3 is 0 Å². The maximum Gasteiger partial charge on any atom is 0.185 e. The Hall–Kier alpha value is -2.11. The van der Waals surface area contributed by atoms with Crippen molar-refractivity contribution >= 4 is 23.0 Å². The fraction of sp³-hybridized carbons (Fsp3) is 0.350. The maximum absolute atomic E-state index is 6.09. The zero-order chi connectivity index (χ0) is 18.6. The van der Waals surface area contributed by atoms with Gasteiger partial charge in [-0.1, -0.05) is 45.9 Å². The molecule has 0 bridgehead atoms. The van der Waals surface area contributed by atoms with Crippen LogP contribution in [0, 0.1) is 0 Å². The average molecular weight is 358 g/mol. The van der Waals surface area contributed by atoms with Crippen LogP contribution in [-0.2, 0) is 0 Å². The Morgan fingerprint density at radius 3 is 1.92 bits per heavy atom. The first kappa shape index (κ1) is 19.2. The molecule has 0 aliphatic rings. The van der Waals surface area contributed by atoms with E-state index in [9.17, 15) is 0 Å². The second kappa shape index (κ2) is 8.32. The Bertz CT molecular complexity index is 700. The predicted molar refractivity (Wildman–Crippen MR) is 109 cm³/mol. The molecule has 0 atom stereocenters. The number of benzene rings is 2. The minimum atomic E-state index is 0.289. The number of rotatable bonds is 6. The molecule has 0 unspecified atom stereocenters. The van der Waals surface area contributed by atoms with Crippen LogP contribution in [0.4, 0.5) is 5.69 Å². The van der Waals surface area contributed by atoms with Gasteiger partial charge in [-0.3, -0.25) is 5.01 Å². The van der Waals surface area contributed by atoms with Crippen LogP contribution in [0.2, 0.25) is 0 Å². The second-order valence-corrected chi connectivity index (χ2v) is 6.99. The maximum atomic E-state index is 6.09. The second-order valence-electron chi connectivity index (χ2n) is 6.57. The molecule has 0 heterocycles. The fourth-order valence-electron chi connectivity index (χ4n) is 2.81. The molecule has 134 valence electrons. The number of hydrogen-bond donors (Lipinski definition) is 2. The molecule has 0 aliphatic heterocycles. The number of ether oxygens (including phenoxy) is 1. The van der Waals surface area contributed by atoms with Crippen molar-refractivity contribution in [2.24, 2.45) is 5.73 Å². The van der Waals surface area contributed by atoms with Gasteiger partial charge < -0.3 is 10.5 Å². The Morgan fingerprint density at radius 1 is 1.00 bits per heavy atom. The van der Waals surface area contributed by atoms with Crippen LogP contribution >= 0.6 is 12.2 Å². The molecule has 2 aromatic carbocycles. The summed E-state index contributed by atoms with van der Waals surface area (Å²) in [5.74, 6) is 2.22. The van der Waals surface area contributed by atoms with E-state index in [4.69, 9.17) is 22.7 Å². The van der Waals surface area contributed by atoms with Gasteiger partial charge in [-0.2, -0.15) is 0 Å². The number of nitrogens with one attached hydrogen (secondary N) is 1. The lowest BCUT2D eigenvalue weighted by molar-refractivity contribution is 0.480. The van der Waals surface area contributed by atoms with Gasteiger partial charge in [0.15, 0.2) is 5.11 Å². The van der Waals surface area contributed by atoms with Crippen molar-refractivity contribution in [1.82, 2.24) is 5.43 Å². The molecule has 0 fully saturated rings. The highest BCUT2D eigenvalue weighted by molar-refractivity contribution is 7.80. The Labute approximate surface area is 156 Å². The van der Waals surface area contributed by atoms with Gasteiger partial charge in [0.25, 0.3) is 0 Å². The number of hydrogen-bond acceptors (Lipinski definition) is 3. The third-order valence-electron chi connectivity index (χ3n) is 4.03. The molecule has 0 radical (unpaired) electrons. The van der Waals surface area contributed by atoms with Crippen LogP contribution in [0.3, 0.4) is 0 Å². The van der Waals surface area contributed by atoms with Crippen molar-refractivity contribution in [2.45, 2.75) is 39.5 Å². The first-order chi connectivity index (χ1) is 11.8. The van der Waals surface area contributed by atoms with Crippen molar-refractivity contribution in [3.05, 3.63) is 53.6 Å². The number of nitrogens with two attached hydrogens (primary N) is 1. The summed E-state index contributed by atoms with van der Waals surface area (Å²) in [7, 11) is 1.82. The van der Waals surface area contributed by atoms with E-state index in [1.165, 1.54) is 0 Å². The highest BCUT2D eigenvalue weighted by Crippen LogP contribution is 2.39. The standard InChI is InChI=1S/C20H27N3OS/c1-13(2)17-11-16(24-15-9-7-6-8-10-15)12-18(14(3)4)19(17)23(22-5)20(21)25/h6-14,22H,1-5H3,(H2,21,25). The molecule has 4 nitrogen and oxygen atoms in total. The van der Waals surface area contributed by atoms with Gasteiger partial charge in [0, 0.05) is 7.05 Å². The van der Waals surface area contributed by atoms with Gasteiger partial charge in [0.2, 0.25) is 0 Å². The number of hydrazine groups is 1. The number of nitrogens with zero attached hydrogens (tertiary/aromatic N) is 1. The SMILES string of the molecule is CNN(C(N)=S)c1c(C(C)C)cc(Oc2ccccc2)cc1C(C)C. The van der Waals surface area contributed by atoms with Crippen molar-refractivity contribution < 1.29 is 4.74 Å². The molecule has 5 heteroatoms. The summed E-state index contributed by atoms with van der Waals surface area (Å²) in [6, 6.07) is 13.9. The zero-order valence-electron chi connectivity index (χ0n) is 15.5. The van der Waals surface area contributed by atoms with E-state index >= 15 is 0 Å². The Morgan fingerprint density at radius 2 is 1.52 bits per heavy atom. The van der Waals surface area contributed by atoms with E-state index in [2.05, 4.69) is 45.3 Å². The zero-order valence-corrected chi connectivity index (χ0v) is 16.4. The molecule has 0 aromatic heterocycles. The van der Waals surface area contributed by atoms with Gasteiger partial charge in [-0.05, 0) is 59.4 Å². The summed E-state index contributed by atoms with van der Waals surface area (Å²) in [6.07, 6.45) is 0. The number of thiocarbonyl (C=S) groups is 1. The molecular formula is C20H27N3OS. The largest absolute Gasteiger partial charge is 0.457 e. The van der Waals surface area contributed by atoms with Crippen molar-refractivity contribution in [2.75, 3.05) is 12.1 Å². The molecule has 0 spiro atoms. The average Bonchev–Trinajstić information content (AvgIpc) is 2.56. The minimum Gasteiger partial charge on any atom is -0.457 e. The lowest BCUT2D eigenvalue weighted by atomic mass is 9.92. The van der Waals surface area contributed by atoms with E-state index in [0.29, 0.717) is 5.11 Å². The highest BCUT2D eigenvalue weighted by Gasteiger charge is 2.22. The van der Waals surface area contributed by atoms with Gasteiger partial charge in [0.05, 0.1) is 5.69 Å². The summed E-state index contributed by atoms with van der Waals surface area (Å²) >= 11 is 5.24. The van der Waals surface area contributed by atoms with E-state index in [0.717, 1.165) is 28.3 Å². The van der Waals surface area contributed by atoms with Crippen LogP contribution in [-0.4, -0.2) is 12.2 Å². The van der Waals surface area contributed by atoms with E-state index in [-0.39, 0.29) is 11.8 Å². The smallest absolute Gasteiger partial charge is 0.185 e. The summed E-state index contributed by atoms with van der Waals surface area (Å²) < 4.78 is 6.09. The first-order valence-electron chi connectivity index (χ1n) is 8.52. The highest BCUT2D eigenvalue weighted by atomic mass is 32.1. The molecule has 3 N–H and O–H groups in total. The first-order valence-corrected chi connectivity index (χ1v) is 8.93. The number of para-hydroxylation sites is 1. The molecule has 0 saturated heterocycles. The van der Waals surface area contributed by atoms with Crippen LogP contribution in [0.5, 0.6) is 11.5 Å². The quantitative estimate of drug-likeness (QED) is 0.568. The molecule has 2 aromatic rings. The molecular weight excluding hydrogens is 330 g/mol. The van der Waals surface area contributed by atoms with Crippen LogP contribution in [0.1, 0.15) is 50.7 Å². The lowest BCUT2D eigenvalue weighted by Gasteiger charge is -2.30. The van der Waals surface area contributed by atoms with Crippen molar-refractivity contribution in [1.29, 1.82) is 0 Å². The topological polar surface area (TPSA) is 50.5 Å². The Kier molecular flexibility index (Phi) is 6.39. The monoisotopic (exact) mass is 357 g/mol. The molecule has 2 rings (SSSR count). The van der Waals surface area contributed by atoms with Crippen molar-refractivity contribution in [3.8, 4) is 11.5 Å². The van der Waals surface area contributed by atoms with Crippen LogP contribution in [0.15, 0.2) is 42.5 Å². The third kappa shape index (κ3) is 4.50. The third-order valence-corrected chi connectivity index (χ3v) is 4.22. The fourth-order valence-corrected chi connectivity index (χ4v) is 2.99. The van der Waals surface area contributed by atoms with E-state index < -0.39 is 0 Å². The van der Waals surface area contributed by atoms with E-state index in [1.807, 2.05) is 37.4 Å². The number of anilines is 1. The summed E-state index contributed by atoms with van der Waals surface area (Å²) in [5, 5.41) is 2.06. The van der Waals surface area contributed by atoms with Gasteiger partial charge in [-0.25, -0.2) is 5.43 Å². The molecule has 0 amide bonds. The molecule has 0 aliphatic carbocycles. The summed E-state index contributed by atoms with van der Waals surface area (Å²) in [5.41, 5.74) is 12.3. The summed E-state index contributed by atoms with van der Waals surface area (Å²) in [6.45, 7) is 8.62. The van der Waals surface area contributed by atoms with Gasteiger partial charge in [0.1, 0.15) is 11.5 Å². The summed E-state index contributed by atoms with van der Waals surface area (Å²) in [4.78, 5) is 0. The Balaban J connectivity index is 2.61. The molecule has 25 heavy (non-hydrogen) atoms.